The standard InChI is InChI=1S/C27H49O4P/c1-3-5-7-9-11-12-13-15-17-21-25-30-32(28,29)31-27-24-20-19-23-26(27)22-18-16-14-10-8-6-4-2/h19-20,23-24H,3-18,21-22,25H2,1-2H3,(H,28,29). The fraction of sp³-hybridized carbons (Fsp3) is 0.778. The highest BCUT2D eigenvalue weighted by molar-refractivity contribution is 7.47. The molecule has 1 N–H and O–H groups in total. The highest BCUT2D eigenvalue weighted by atomic mass is 31.2. The SMILES string of the molecule is CCCCCCCCCCCCOP(=O)(O)Oc1ccccc1CCCCCCCCC. The maximum atomic E-state index is 12.4. The topological polar surface area (TPSA) is 55.8 Å². The van der Waals surface area contributed by atoms with Crippen molar-refractivity contribution < 1.29 is 18.5 Å². The zero-order valence-corrected chi connectivity index (χ0v) is 21.8. The number of hydrogen-bond acceptors (Lipinski definition) is 3. The molecule has 0 heterocycles. The van der Waals surface area contributed by atoms with Crippen LogP contribution in [0.25, 0.3) is 0 Å². The molecule has 1 rings (SSSR count). The van der Waals surface area contributed by atoms with Crippen molar-refractivity contribution in [2.45, 2.75) is 129 Å². The highest BCUT2D eigenvalue weighted by Crippen LogP contribution is 2.45. The molecule has 4 nitrogen and oxygen atoms in total. The van der Waals surface area contributed by atoms with Gasteiger partial charge < -0.3 is 4.52 Å². The summed E-state index contributed by atoms with van der Waals surface area (Å²) in [5, 5.41) is 0. The predicted octanol–water partition coefficient (Wildman–Crippen LogP) is 9.40. The molecule has 186 valence electrons. The van der Waals surface area contributed by atoms with E-state index in [9.17, 15) is 9.46 Å². The molecule has 32 heavy (non-hydrogen) atoms. The van der Waals surface area contributed by atoms with Gasteiger partial charge in [-0.05, 0) is 30.9 Å². The predicted molar refractivity (Wildman–Crippen MR) is 136 cm³/mol. The van der Waals surface area contributed by atoms with Crippen LogP contribution in [0.4, 0.5) is 0 Å². The number of phosphoric acid groups is 1. The lowest BCUT2D eigenvalue weighted by Gasteiger charge is -2.16. The molecule has 1 aromatic carbocycles. The van der Waals surface area contributed by atoms with E-state index in [1.165, 1.54) is 83.5 Å². The van der Waals surface area contributed by atoms with Gasteiger partial charge in [-0.3, -0.25) is 9.42 Å². The van der Waals surface area contributed by atoms with E-state index < -0.39 is 7.82 Å². The van der Waals surface area contributed by atoms with E-state index in [2.05, 4.69) is 13.8 Å². The van der Waals surface area contributed by atoms with Crippen LogP contribution in [-0.2, 0) is 15.5 Å². The third-order valence-electron chi connectivity index (χ3n) is 5.99. The molecule has 0 spiro atoms. The summed E-state index contributed by atoms with van der Waals surface area (Å²) in [7, 11) is -4.08. The second-order valence-corrected chi connectivity index (χ2v) is 10.4. The summed E-state index contributed by atoms with van der Waals surface area (Å²) in [6, 6.07) is 7.54. The van der Waals surface area contributed by atoms with Crippen LogP contribution >= 0.6 is 7.82 Å². The number of aryl methyl sites for hydroxylation is 1. The summed E-state index contributed by atoms with van der Waals surface area (Å²) in [5.41, 5.74) is 0.984. The van der Waals surface area contributed by atoms with Gasteiger partial charge in [-0.1, -0.05) is 128 Å². The Hall–Kier alpha value is -0.830. The highest BCUT2D eigenvalue weighted by Gasteiger charge is 2.23. The van der Waals surface area contributed by atoms with Gasteiger partial charge in [0.2, 0.25) is 0 Å². The molecule has 0 amide bonds. The average molecular weight is 469 g/mol. The second-order valence-electron chi connectivity index (χ2n) is 9.05. The summed E-state index contributed by atoms with van der Waals surface area (Å²) in [5.74, 6) is 0.479. The first kappa shape index (κ1) is 29.2. The first-order valence-electron chi connectivity index (χ1n) is 13.3. The van der Waals surface area contributed by atoms with Crippen LogP contribution in [0.5, 0.6) is 5.75 Å². The lowest BCUT2D eigenvalue weighted by molar-refractivity contribution is 0.199. The van der Waals surface area contributed by atoms with Crippen LogP contribution in [0.15, 0.2) is 24.3 Å². The van der Waals surface area contributed by atoms with Gasteiger partial charge in [0.1, 0.15) is 5.75 Å². The Balaban J connectivity index is 2.19. The van der Waals surface area contributed by atoms with Gasteiger partial charge in [0.05, 0.1) is 6.61 Å². The Bertz CT molecular complexity index is 605. The quantitative estimate of drug-likeness (QED) is 0.136. The minimum atomic E-state index is -4.08. The molecule has 0 radical (unpaired) electrons. The Morgan fingerprint density at radius 2 is 1.16 bits per heavy atom. The van der Waals surface area contributed by atoms with Gasteiger partial charge in [-0.15, -0.1) is 0 Å². The van der Waals surface area contributed by atoms with Gasteiger partial charge in [0.25, 0.3) is 0 Å². The minimum absolute atomic E-state index is 0.268. The molecule has 0 saturated carbocycles. The van der Waals surface area contributed by atoms with Crippen LogP contribution in [0.1, 0.15) is 129 Å². The first-order valence-corrected chi connectivity index (χ1v) is 14.8. The molecular weight excluding hydrogens is 419 g/mol. The maximum Gasteiger partial charge on any atom is 0.527 e. The molecule has 0 aliphatic carbocycles. The molecule has 0 bridgehead atoms. The molecular formula is C27H49O4P. The Morgan fingerprint density at radius 1 is 0.688 bits per heavy atom. The van der Waals surface area contributed by atoms with Crippen molar-refractivity contribution in [1.82, 2.24) is 0 Å². The number of unbranched alkanes of at least 4 members (excludes halogenated alkanes) is 15. The average Bonchev–Trinajstić information content (AvgIpc) is 2.77. The number of hydrogen-bond donors (Lipinski definition) is 1. The van der Waals surface area contributed by atoms with E-state index in [4.69, 9.17) is 9.05 Å². The fourth-order valence-electron chi connectivity index (χ4n) is 3.99. The van der Waals surface area contributed by atoms with Gasteiger partial charge in [-0.2, -0.15) is 0 Å². The molecule has 1 atom stereocenters. The van der Waals surface area contributed by atoms with Gasteiger partial charge in [-0.25, -0.2) is 4.57 Å². The summed E-state index contributed by atoms with van der Waals surface area (Å²) >= 11 is 0. The number of para-hydroxylation sites is 1. The number of rotatable bonds is 22. The van der Waals surface area contributed by atoms with E-state index in [1.54, 1.807) is 6.07 Å². The van der Waals surface area contributed by atoms with E-state index >= 15 is 0 Å². The molecule has 1 unspecified atom stereocenters. The van der Waals surface area contributed by atoms with Crippen molar-refractivity contribution >= 4 is 7.82 Å². The van der Waals surface area contributed by atoms with Gasteiger partial charge in [0.15, 0.2) is 0 Å². The zero-order valence-electron chi connectivity index (χ0n) is 20.9. The molecule has 1 aromatic rings. The Labute approximate surface area is 198 Å². The van der Waals surface area contributed by atoms with Crippen molar-refractivity contribution in [3.05, 3.63) is 29.8 Å². The van der Waals surface area contributed by atoms with Crippen molar-refractivity contribution in [1.29, 1.82) is 0 Å². The molecule has 0 fully saturated rings. The van der Waals surface area contributed by atoms with Gasteiger partial charge in [0, 0.05) is 0 Å². The Morgan fingerprint density at radius 3 is 1.72 bits per heavy atom. The normalized spacial score (nSPS) is 13.2. The monoisotopic (exact) mass is 468 g/mol. The summed E-state index contributed by atoms with van der Waals surface area (Å²) in [4.78, 5) is 10.1. The first-order chi connectivity index (χ1) is 15.6. The molecule has 0 aliphatic rings. The van der Waals surface area contributed by atoms with E-state index in [-0.39, 0.29) is 6.61 Å². The van der Waals surface area contributed by atoms with Crippen LogP contribution in [-0.4, -0.2) is 11.5 Å². The van der Waals surface area contributed by atoms with Crippen LogP contribution in [0, 0.1) is 0 Å². The van der Waals surface area contributed by atoms with Crippen molar-refractivity contribution in [2.75, 3.05) is 6.61 Å². The smallest absolute Gasteiger partial charge is 0.404 e. The fourth-order valence-corrected chi connectivity index (χ4v) is 4.83. The third kappa shape index (κ3) is 15.9. The maximum absolute atomic E-state index is 12.4. The summed E-state index contributed by atoms with van der Waals surface area (Å²) < 4.78 is 23.0. The molecule has 0 aliphatic heterocycles. The number of benzene rings is 1. The lowest BCUT2D eigenvalue weighted by atomic mass is 10.0. The summed E-state index contributed by atoms with van der Waals surface area (Å²) in [6.45, 7) is 4.75. The van der Waals surface area contributed by atoms with Crippen LogP contribution < -0.4 is 4.52 Å². The molecule has 5 heteroatoms. The molecule has 0 saturated heterocycles. The minimum Gasteiger partial charge on any atom is -0.404 e. The third-order valence-corrected chi connectivity index (χ3v) is 6.92. The van der Waals surface area contributed by atoms with Crippen LogP contribution in [0.2, 0.25) is 0 Å². The Kier molecular flexibility index (Phi) is 17.9. The lowest BCUT2D eigenvalue weighted by Crippen LogP contribution is -2.01. The van der Waals surface area contributed by atoms with E-state index in [0.29, 0.717) is 5.75 Å². The second kappa shape index (κ2) is 19.6. The van der Waals surface area contributed by atoms with Gasteiger partial charge >= 0.3 is 7.82 Å². The van der Waals surface area contributed by atoms with Crippen molar-refractivity contribution in [3.63, 3.8) is 0 Å². The zero-order chi connectivity index (χ0) is 23.3. The van der Waals surface area contributed by atoms with E-state index in [0.717, 1.165) is 37.7 Å². The van der Waals surface area contributed by atoms with Crippen molar-refractivity contribution in [2.24, 2.45) is 0 Å². The summed E-state index contributed by atoms with van der Waals surface area (Å²) in [6.07, 6.45) is 21.8. The molecule has 0 aromatic heterocycles. The van der Waals surface area contributed by atoms with Crippen LogP contribution in [0.3, 0.4) is 0 Å². The number of phosphoric ester groups is 1. The largest absolute Gasteiger partial charge is 0.527 e. The van der Waals surface area contributed by atoms with Crippen molar-refractivity contribution in [3.8, 4) is 5.75 Å². The van der Waals surface area contributed by atoms with E-state index in [1.807, 2.05) is 18.2 Å².